The van der Waals surface area contributed by atoms with Gasteiger partial charge in [-0.05, 0) is 31.0 Å². The van der Waals surface area contributed by atoms with Gasteiger partial charge >= 0.3 is 0 Å². The minimum absolute atomic E-state index is 0.112. The summed E-state index contributed by atoms with van der Waals surface area (Å²) >= 11 is 0. The number of carbonyl (C=O) groups is 1. The summed E-state index contributed by atoms with van der Waals surface area (Å²) < 4.78 is 5.38. The molecule has 1 amide bonds. The van der Waals surface area contributed by atoms with Crippen molar-refractivity contribution in [1.29, 1.82) is 0 Å². The molecule has 1 aliphatic carbocycles. The molecule has 0 bridgehead atoms. The van der Waals surface area contributed by atoms with E-state index >= 15 is 0 Å². The number of phenols is 1. The minimum Gasteiger partial charge on any atom is -0.508 e. The molecule has 5 nitrogen and oxygen atoms in total. The minimum atomic E-state index is -0.907. The molecule has 0 saturated heterocycles. The molecule has 0 unspecified atom stereocenters. The van der Waals surface area contributed by atoms with Gasteiger partial charge < -0.3 is 19.5 Å². The van der Waals surface area contributed by atoms with Gasteiger partial charge in [-0.25, -0.2) is 0 Å². The number of phenolic OH excluding ortho intramolecular Hbond substituents is 1. The number of aromatic hydroxyl groups is 1. The third kappa shape index (κ3) is 4.63. The molecule has 0 atom stereocenters. The van der Waals surface area contributed by atoms with Crippen molar-refractivity contribution in [2.45, 2.75) is 57.2 Å². The molecule has 1 fully saturated rings. The van der Waals surface area contributed by atoms with Crippen LogP contribution < -0.4 is 0 Å². The van der Waals surface area contributed by atoms with Crippen LogP contribution in [0.3, 0.4) is 0 Å². The number of aliphatic hydroxyl groups is 1. The van der Waals surface area contributed by atoms with Crippen molar-refractivity contribution in [3.63, 3.8) is 0 Å². The quantitative estimate of drug-likeness (QED) is 0.840. The molecule has 1 saturated carbocycles. The first-order valence-electron chi connectivity index (χ1n) is 8.85. The SMILES string of the molecule is O=C(CC1(O)CCCCC1)N(Cc1ccco1)Cc1ccccc1O. The van der Waals surface area contributed by atoms with Crippen molar-refractivity contribution in [2.24, 2.45) is 0 Å². The number of nitrogens with zero attached hydrogens (tertiary/aromatic N) is 1. The molecule has 2 aromatic rings. The summed E-state index contributed by atoms with van der Waals surface area (Å²) in [5, 5.41) is 20.7. The normalized spacial score (nSPS) is 16.5. The van der Waals surface area contributed by atoms with Gasteiger partial charge in [0.2, 0.25) is 5.91 Å². The fourth-order valence-electron chi connectivity index (χ4n) is 3.45. The zero-order valence-electron chi connectivity index (χ0n) is 14.4. The molecule has 0 spiro atoms. The van der Waals surface area contributed by atoms with Crippen LogP contribution in [0.2, 0.25) is 0 Å². The Morgan fingerprint density at radius 3 is 2.52 bits per heavy atom. The van der Waals surface area contributed by atoms with Crippen LogP contribution in [0.15, 0.2) is 47.1 Å². The summed E-state index contributed by atoms with van der Waals surface area (Å²) in [4.78, 5) is 14.5. The van der Waals surface area contributed by atoms with Gasteiger partial charge in [0.15, 0.2) is 0 Å². The van der Waals surface area contributed by atoms with Crippen LogP contribution in [0.4, 0.5) is 0 Å². The van der Waals surface area contributed by atoms with Crippen molar-refractivity contribution in [2.75, 3.05) is 0 Å². The fourth-order valence-corrected chi connectivity index (χ4v) is 3.45. The van der Waals surface area contributed by atoms with E-state index in [1.807, 2.05) is 12.1 Å². The van der Waals surface area contributed by atoms with Gasteiger partial charge in [-0.2, -0.15) is 0 Å². The number of furan rings is 1. The van der Waals surface area contributed by atoms with Gasteiger partial charge in [0.25, 0.3) is 0 Å². The van der Waals surface area contributed by atoms with Gasteiger partial charge in [0, 0.05) is 12.1 Å². The van der Waals surface area contributed by atoms with Crippen molar-refractivity contribution in [3.05, 3.63) is 54.0 Å². The number of hydrogen-bond acceptors (Lipinski definition) is 4. The fraction of sp³-hybridized carbons (Fsp3) is 0.450. The van der Waals surface area contributed by atoms with Crippen LogP contribution >= 0.6 is 0 Å². The number of amides is 1. The number of carbonyl (C=O) groups excluding carboxylic acids is 1. The highest BCUT2D eigenvalue weighted by molar-refractivity contribution is 5.77. The maximum atomic E-state index is 12.9. The van der Waals surface area contributed by atoms with E-state index in [4.69, 9.17) is 4.42 Å². The molecular formula is C20H25NO4. The first-order valence-corrected chi connectivity index (χ1v) is 8.85. The monoisotopic (exact) mass is 343 g/mol. The molecule has 134 valence electrons. The van der Waals surface area contributed by atoms with E-state index in [9.17, 15) is 15.0 Å². The van der Waals surface area contributed by atoms with Crippen molar-refractivity contribution in [3.8, 4) is 5.75 Å². The highest BCUT2D eigenvalue weighted by Crippen LogP contribution is 2.32. The molecule has 2 N–H and O–H groups in total. The molecule has 0 aliphatic heterocycles. The number of hydrogen-bond donors (Lipinski definition) is 2. The number of para-hydroxylation sites is 1. The molecule has 3 rings (SSSR count). The lowest BCUT2D eigenvalue weighted by molar-refractivity contribution is -0.139. The van der Waals surface area contributed by atoms with E-state index in [1.54, 1.807) is 35.4 Å². The van der Waals surface area contributed by atoms with E-state index in [0.29, 0.717) is 30.7 Å². The Morgan fingerprint density at radius 1 is 1.08 bits per heavy atom. The Hall–Kier alpha value is -2.27. The second-order valence-corrected chi connectivity index (χ2v) is 6.92. The number of rotatable bonds is 6. The summed E-state index contributed by atoms with van der Waals surface area (Å²) in [7, 11) is 0. The lowest BCUT2D eigenvalue weighted by Crippen LogP contribution is -2.40. The average Bonchev–Trinajstić information content (AvgIpc) is 3.09. The highest BCUT2D eigenvalue weighted by atomic mass is 16.3. The maximum Gasteiger partial charge on any atom is 0.226 e. The molecule has 1 aromatic carbocycles. The standard InChI is InChI=1S/C20H25NO4/c22-18-9-3-2-7-16(18)14-21(15-17-8-6-12-25-17)19(23)13-20(24)10-4-1-5-11-20/h2-3,6-9,12,22,24H,1,4-5,10-11,13-15H2. The molecule has 25 heavy (non-hydrogen) atoms. The van der Waals surface area contributed by atoms with Crippen LogP contribution in [0.25, 0.3) is 0 Å². The Bertz CT molecular complexity index is 689. The molecule has 0 radical (unpaired) electrons. The maximum absolute atomic E-state index is 12.9. The first kappa shape index (κ1) is 17.5. The third-order valence-corrected chi connectivity index (χ3v) is 4.90. The van der Waals surface area contributed by atoms with Crippen molar-refractivity contribution in [1.82, 2.24) is 4.90 Å². The third-order valence-electron chi connectivity index (χ3n) is 4.90. The van der Waals surface area contributed by atoms with Gasteiger partial charge in [0.05, 0.1) is 24.8 Å². The largest absolute Gasteiger partial charge is 0.508 e. The molecule has 1 aliphatic rings. The van der Waals surface area contributed by atoms with Crippen LogP contribution in [0, 0.1) is 0 Å². The van der Waals surface area contributed by atoms with E-state index in [0.717, 1.165) is 19.3 Å². The van der Waals surface area contributed by atoms with Crippen molar-refractivity contribution < 1.29 is 19.4 Å². The summed E-state index contributed by atoms with van der Waals surface area (Å²) in [6.07, 6.45) is 6.06. The highest BCUT2D eigenvalue weighted by Gasteiger charge is 2.33. The summed E-state index contributed by atoms with van der Waals surface area (Å²) in [6.45, 7) is 0.596. The second kappa shape index (κ2) is 7.74. The summed E-state index contributed by atoms with van der Waals surface area (Å²) in [5.41, 5.74) is -0.229. The van der Waals surface area contributed by atoms with Crippen LogP contribution in [-0.2, 0) is 17.9 Å². The molecule has 1 aromatic heterocycles. The van der Waals surface area contributed by atoms with Gasteiger partial charge in [-0.1, -0.05) is 37.5 Å². The molecular weight excluding hydrogens is 318 g/mol. The predicted molar refractivity (Wildman–Crippen MR) is 93.7 cm³/mol. The zero-order valence-corrected chi connectivity index (χ0v) is 14.4. The molecule has 1 heterocycles. The second-order valence-electron chi connectivity index (χ2n) is 6.92. The van der Waals surface area contributed by atoms with Gasteiger partial charge in [-0.3, -0.25) is 4.79 Å². The number of benzene rings is 1. The van der Waals surface area contributed by atoms with Crippen molar-refractivity contribution >= 4 is 5.91 Å². The Kier molecular flexibility index (Phi) is 5.43. The predicted octanol–water partition coefficient (Wildman–Crippen LogP) is 3.60. The lowest BCUT2D eigenvalue weighted by atomic mass is 9.82. The summed E-state index contributed by atoms with van der Waals surface area (Å²) in [6, 6.07) is 10.6. The van der Waals surface area contributed by atoms with Crippen LogP contribution in [0.5, 0.6) is 5.75 Å². The van der Waals surface area contributed by atoms with E-state index in [-0.39, 0.29) is 24.6 Å². The zero-order chi connectivity index (χ0) is 17.7. The lowest BCUT2D eigenvalue weighted by Gasteiger charge is -2.33. The topological polar surface area (TPSA) is 73.9 Å². The van der Waals surface area contributed by atoms with Gasteiger partial charge in [-0.15, -0.1) is 0 Å². The van der Waals surface area contributed by atoms with E-state index in [1.165, 1.54) is 0 Å². The van der Waals surface area contributed by atoms with E-state index in [2.05, 4.69) is 0 Å². The first-order chi connectivity index (χ1) is 12.1. The van der Waals surface area contributed by atoms with Crippen LogP contribution in [-0.4, -0.2) is 26.6 Å². The average molecular weight is 343 g/mol. The Balaban J connectivity index is 1.75. The van der Waals surface area contributed by atoms with Gasteiger partial charge in [0.1, 0.15) is 11.5 Å². The van der Waals surface area contributed by atoms with E-state index < -0.39 is 5.60 Å². The van der Waals surface area contributed by atoms with Crippen LogP contribution in [0.1, 0.15) is 49.8 Å². The Morgan fingerprint density at radius 2 is 1.84 bits per heavy atom. The smallest absolute Gasteiger partial charge is 0.226 e. The Labute approximate surface area is 147 Å². The molecule has 5 heteroatoms. The summed E-state index contributed by atoms with van der Waals surface area (Å²) in [5.74, 6) is 0.722.